The Balaban J connectivity index is 1.45. The van der Waals surface area contributed by atoms with Gasteiger partial charge < -0.3 is 29.4 Å². The van der Waals surface area contributed by atoms with Crippen LogP contribution in [0, 0.1) is 0 Å². The summed E-state index contributed by atoms with van der Waals surface area (Å²) in [6.07, 6.45) is -0.192. The third-order valence-corrected chi connectivity index (χ3v) is 6.60. The first-order valence-electron chi connectivity index (χ1n) is 9.66. The average molecular weight is 509 g/mol. The van der Waals surface area contributed by atoms with E-state index in [1.807, 2.05) is 18.2 Å². The summed E-state index contributed by atoms with van der Waals surface area (Å²) in [7, 11) is 1.57. The van der Waals surface area contributed by atoms with Crippen molar-refractivity contribution in [3.8, 4) is 11.5 Å². The van der Waals surface area contributed by atoms with Crippen LogP contribution >= 0.6 is 27.5 Å². The number of hydrogen-bond donors (Lipinski definition) is 2. The first-order valence-corrected chi connectivity index (χ1v) is 10.8. The Labute approximate surface area is 191 Å². The number of ether oxygens (including phenoxy) is 4. The van der Waals surface area contributed by atoms with E-state index in [2.05, 4.69) is 31.2 Å². The molecule has 1 aromatic heterocycles. The molecule has 2 aromatic carbocycles. The number of methoxy groups -OCH3 is 1. The van der Waals surface area contributed by atoms with Crippen molar-refractivity contribution < 1.29 is 24.1 Å². The molecule has 0 saturated carbocycles. The van der Waals surface area contributed by atoms with Crippen LogP contribution in [-0.4, -0.2) is 59.8 Å². The molecule has 3 heterocycles. The molecule has 4 atom stereocenters. The first kappa shape index (κ1) is 20.7. The maximum atomic E-state index is 9.94. The van der Waals surface area contributed by atoms with Crippen molar-refractivity contribution in [2.45, 2.75) is 24.4 Å². The normalized spacial score (nSPS) is 24.9. The molecule has 31 heavy (non-hydrogen) atoms. The van der Waals surface area contributed by atoms with E-state index in [9.17, 15) is 5.11 Å². The third-order valence-electron chi connectivity index (χ3n) is 5.36. The molecule has 162 valence electrons. The number of nitrogens with one attached hydrogen (secondary N) is 1. The zero-order chi connectivity index (χ0) is 21.5. The third kappa shape index (κ3) is 3.92. The monoisotopic (exact) mass is 507 g/mol. The fraction of sp³-hybridized carbons (Fsp3) is 0.333. The number of rotatable bonds is 5. The van der Waals surface area contributed by atoms with Gasteiger partial charge in [-0.25, -0.2) is 9.97 Å². The van der Waals surface area contributed by atoms with Gasteiger partial charge in [0.25, 0.3) is 0 Å². The van der Waals surface area contributed by atoms with Crippen LogP contribution in [-0.2, 0) is 9.47 Å². The highest BCUT2D eigenvalue weighted by Crippen LogP contribution is 2.38. The number of aliphatic hydroxyl groups excluding tert-OH is 1. The van der Waals surface area contributed by atoms with Gasteiger partial charge in [-0.05, 0) is 40.2 Å². The van der Waals surface area contributed by atoms with Crippen LogP contribution in [0.1, 0.15) is 0 Å². The van der Waals surface area contributed by atoms with Crippen molar-refractivity contribution in [2.24, 2.45) is 0 Å². The lowest BCUT2D eigenvalue weighted by Crippen LogP contribution is -2.34. The standard InChI is InChI=1S/C21H19BrClN3O5/c1-28-16-5-11-14(6-17(16)31-18-8-30-19-15(27)7-29-20(18)19)24-9-25-21(11)26-10-2-3-12(22)13(23)4-10/h2-6,9,15,18-20,27H,7-8H2,1H3,(H,24,25,26)/t15-,18+,19+,20+/m0/s1. The van der Waals surface area contributed by atoms with Crippen LogP contribution in [0.3, 0.4) is 0 Å². The minimum atomic E-state index is -0.634. The summed E-state index contributed by atoms with van der Waals surface area (Å²) in [6.45, 7) is 0.570. The predicted molar refractivity (Wildman–Crippen MR) is 118 cm³/mol. The van der Waals surface area contributed by atoms with Crippen molar-refractivity contribution in [2.75, 3.05) is 25.6 Å². The Hall–Kier alpha value is -2.17. The summed E-state index contributed by atoms with van der Waals surface area (Å²) >= 11 is 9.59. The van der Waals surface area contributed by atoms with Crippen molar-refractivity contribution >= 4 is 49.9 Å². The van der Waals surface area contributed by atoms with Gasteiger partial charge in [-0.2, -0.15) is 0 Å². The fourth-order valence-electron chi connectivity index (χ4n) is 3.83. The van der Waals surface area contributed by atoms with Gasteiger partial charge in [-0.15, -0.1) is 0 Å². The van der Waals surface area contributed by atoms with Crippen LogP contribution in [0.15, 0.2) is 41.1 Å². The lowest BCUT2D eigenvalue weighted by atomic mass is 10.1. The van der Waals surface area contributed by atoms with Gasteiger partial charge in [-0.3, -0.25) is 0 Å². The molecule has 2 fully saturated rings. The summed E-state index contributed by atoms with van der Waals surface area (Å²) in [5.41, 5.74) is 1.47. The Morgan fingerprint density at radius 1 is 1.13 bits per heavy atom. The molecule has 0 amide bonds. The maximum Gasteiger partial charge on any atom is 0.164 e. The molecule has 2 N–H and O–H groups in total. The van der Waals surface area contributed by atoms with Gasteiger partial charge in [0.2, 0.25) is 0 Å². The second-order valence-electron chi connectivity index (χ2n) is 7.32. The molecule has 2 aliphatic heterocycles. The van der Waals surface area contributed by atoms with E-state index in [0.717, 1.165) is 15.5 Å². The van der Waals surface area contributed by atoms with E-state index in [-0.39, 0.29) is 24.9 Å². The molecule has 0 radical (unpaired) electrons. The average Bonchev–Trinajstić information content (AvgIpc) is 3.34. The molecule has 3 aromatic rings. The second kappa shape index (κ2) is 8.40. The molecular formula is C21H19BrClN3O5. The molecule has 10 heteroatoms. The van der Waals surface area contributed by atoms with Gasteiger partial charge >= 0.3 is 0 Å². The number of aromatic nitrogens is 2. The minimum absolute atomic E-state index is 0.242. The van der Waals surface area contributed by atoms with Crippen LogP contribution < -0.4 is 14.8 Å². The lowest BCUT2D eigenvalue weighted by Gasteiger charge is -2.20. The summed E-state index contributed by atoms with van der Waals surface area (Å²) in [6, 6.07) is 9.19. The van der Waals surface area contributed by atoms with Gasteiger partial charge in [0.05, 0.1) is 30.9 Å². The van der Waals surface area contributed by atoms with E-state index in [1.165, 1.54) is 6.33 Å². The van der Waals surface area contributed by atoms with E-state index in [4.69, 9.17) is 30.5 Å². The van der Waals surface area contributed by atoms with E-state index >= 15 is 0 Å². The molecule has 0 bridgehead atoms. The van der Waals surface area contributed by atoms with Crippen LogP contribution in [0.5, 0.6) is 11.5 Å². The predicted octanol–water partition coefficient (Wildman–Crippen LogP) is 3.70. The van der Waals surface area contributed by atoms with Gasteiger partial charge in [0.1, 0.15) is 30.5 Å². The second-order valence-corrected chi connectivity index (χ2v) is 8.58. The topological polar surface area (TPSA) is 95.0 Å². The maximum absolute atomic E-state index is 9.94. The van der Waals surface area contributed by atoms with E-state index in [0.29, 0.717) is 34.5 Å². The summed E-state index contributed by atoms with van der Waals surface area (Å²) in [5, 5.41) is 14.6. The smallest absolute Gasteiger partial charge is 0.164 e. The highest BCUT2D eigenvalue weighted by Gasteiger charge is 2.48. The van der Waals surface area contributed by atoms with Crippen LogP contribution in [0.25, 0.3) is 10.9 Å². The highest BCUT2D eigenvalue weighted by atomic mass is 79.9. The van der Waals surface area contributed by atoms with Gasteiger partial charge in [0.15, 0.2) is 17.6 Å². The molecule has 8 nitrogen and oxygen atoms in total. The van der Waals surface area contributed by atoms with Crippen LogP contribution in [0.2, 0.25) is 5.02 Å². The number of nitrogens with zero attached hydrogens (tertiary/aromatic N) is 2. The van der Waals surface area contributed by atoms with Gasteiger partial charge in [-0.1, -0.05) is 11.6 Å². The quantitative estimate of drug-likeness (QED) is 0.539. The zero-order valence-corrected chi connectivity index (χ0v) is 18.8. The summed E-state index contributed by atoms with van der Waals surface area (Å²) in [4.78, 5) is 8.75. The molecule has 0 unspecified atom stereocenters. The Kier molecular flexibility index (Phi) is 5.61. The number of fused-ring (bicyclic) bond motifs is 2. The number of benzene rings is 2. The highest BCUT2D eigenvalue weighted by molar-refractivity contribution is 9.10. The van der Waals surface area contributed by atoms with Crippen molar-refractivity contribution in [3.63, 3.8) is 0 Å². The molecule has 5 rings (SSSR count). The molecule has 0 aliphatic carbocycles. The minimum Gasteiger partial charge on any atom is -0.493 e. The summed E-state index contributed by atoms with van der Waals surface area (Å²) < 4.78 is 23.8. The van der Waals surface area contributed by atoms with Crippen molar-refractivity contribution in [3.05, 3.63) is 46.2 Å². The Morgan fingerprint density at radius 2 is 1.97 bits per heavy atom. The molecular weight excluding hydrogens is 490 g/mol. The van der Waals surface area contributed by atoms with Crippen molar-refractivity contribution in [1.29, 1.82) is 0 Å². The zero-order valence-electron chi connectivity index (χ0n) is 16.4. The fourth-order valence-corrected chi connectivity index (χ4v) is 4.26. The van der Waals surface area contributed by atoms with E-state index in [1.54, 1.807) is 19.2 Å². The number of aliphatic hydroxyl groups is 1. The Morgan fingerprint density at radius 3 is 2.77 bits per heavy atom. The largest absolute Gasteiger partial charge is 0.493 e. The molecule has 2 aliphatic rings. The van der Waals surface area contributed by atoms with E-state index < -0.39 is 6.10 Å². The number of halogens is 2. The SMILES string of the molecule is COc1cc2c(Nc3ccc(Br)c(Cl)c3)ncnc2cc1O[C@@H]1CO[C@H]2[C@@H]1OC[C@@H]2O. The van der Waals surface area contributed by atoms with Crippen LogP contribution in [0.4, 0.5) is 11.5 Å². The summed E-state index contributed by atoms with van der Waals surface area (Å²) in [5.74, 6) is 1.66. The van der Waals surface area contributed by atoms with Gasteiger partial charge in [0, 0.05) is 21.6 Å². The molecule has 0 spiro atoms. The number of anilines is 2. The first-order chi connectivity index (χ1) is 15.0. The molecule has 2 saturated heterocycles. The lowest BCUT2D eigenvalue weighted by molar-refractivity contribution is 0.00823. The number of hydrogen-bond acceptors (Lipinski definition) is 8. The van der Waals surface area contributed by atoms with Crippen molar-refractivity contribution in [1.82, 2.24) is 9.97 Å². The Bertz CT molecular complexity index is 1130.